The van der Waals surface area contributed by atoms with Crippen molar-refractivity contribution in [1.29, 1.82) is 0 Å². The molecule has 1 aromatic heterocycles. The molecule has 2 aromatic rings. The molecule has 0 aliphatic rings. The zero-order valence-electron chi connectivity index (χ0n) is 10.6. The average molecular weight is 273 g/mol. The van der Waals surface area contributed by atoms with E-state index in [4.69, 9.17) is 5.73 Å². The van der Waals surface area contributed by atoms with Gasteiger partial charge in [-0.1, -0.05) is 24.3 Å². The fraction of sp³-hybridized carbons (Fsp3) is 0.154. The van der Waals surface area contributed by atoms with Crippen LogP contribution in [0.4, 0.5) is 5.69 Å². The molecule has 0 aliphatic heterocycles. The molecular weight excluding hydrogens is 258 g/mol. The fourth-order valence-corrected chi connectivity index (χ4v) is 1.86. The number of anilines is 1. The van der Waals surface area contributed by atoms with Gasteiger partial charge in [-0.3, -0.25) is 10.4 Å². The van der Waals surface area contributed by atoms with E-state index in [1.807, 2.05) is 24.3 Å². The molecule has 0 unspecified atom stereocenters. The molecule has 0 fully saturated rings. The average Bonchev–Trinajstić information content (AvgIpc) is 2.41. The number of nitrogens with zero attached hydrogens (tertiary/aromatic N) is 2. The van der Waals surface area contributed by atoms with E-state index in [1.54, 1.807) is 12.4 Å². The molecule has 5 nitrogen and oxygen atoms in total. The summed E-state index contributed by atoms with van der Waals surface area (Å²) in [4.78, 5) is 4.39. The Morgan fingerprint density at radius 3 is 2.84 bits per heavy atom. The summed E-state index contributed by atoms with van der Waals surface area (Å²) in [6, 6.07) is 8.02. The summed E-state index contributed by atoms with van der Waals surface area (Å²) in [6.07, 6.45) is 3.41. The van der Waals surface area contributed by atoms with E-state index in [-0.39, 0.29) is 5.11 Å². The van der Waals surface area contributed by atoms with E-state index in [9.17, 15) is 0 Å². The minimum atomic E-state index is 0.129. The number of hydrogen-bond donors (Lipinski definition) is 3. The molecule has 0 radical (unpaired) electrons. The minimum absolute atomic E-state index is 0.129. The topological polar surface area (TPSA) is 75.3 Å². The number of nitrogens with two attached hydrogens (primary N) is 1. The number of fused-ring (bicyclic) bond motifs is 1. The molecule has 2 rings (SSSR count). The lowest BCUT2D eigenvalue weighted by atomic mass is 10.1. The number of hydrazone groups is 1. The summed E-state index contributed by atoms with van der Waals surface area (Å²) >= 11 is 4.68. The molecule has 6 heteroatoms. The van der Waals surface area contributed by atoms with Gasteiger partial charge in [0, 0.05) is 17.3 Å². The Balaban J connectivity index is 2.43. The molecule has 0 atom stereocenters. The summed E-state index contributed by atoms with van der Waals surface area (Å²) in [5, 5.41) is 9.49. The van der Waals surface area contributed by atoms with Gasteiger partial charge >= 0.3 is 0 Å². The lowest BCUT2D eigenvalue weighted by Gasteiger charge is -2.09. The van der Waals surface area contributed by atoms with E-state index in [0.717, 1.165) is 28.7 Å². The summed E-state index contributed by atoms with van der Waals surface area (Å²) in [5.41, 5.74) is 9.61. The van der Waals surface area contributed by atoms with Crippen molar-refractivity contribution in [2.45, 2.75) is 6.92 Å². The first-order chi connectivity index (χ1) is 9.22. The lowest BCUT2D eigenvalue weighted by Crippen LogP contribution is -2.24. The predicted molar refractivity (Wildman–Crippen MR) is 83.4 cm³/mol. The van der Waals surface area contributed by atoms with E-state index in [0.29, 0.717) is 0 Å². The first-order valence-electron chi connectivity index (χ1n) is 5.92. The molecule has 0 aliphatic carbocycles. The van der Waals surface area contributed by atoms with Gasteiger partial charge in [-0.2, -0.15) is 5.10 Å². The van der Waals surface area contributed by atoms with Gasteiger partial charge in [-0.05, 0) is 19.1 Å². The molecule has 0 spiro atoms. The van der Waals surface area contributed by atoms with Crippen molar-refractivity contribution in [3.63, 3.8) is 0 Å². The number of aromatic nitrogens is 1. The number of nitrogens with one attached hydrogen (secondary N) is 2. The van der Waals surface area contributed by atoms with E-state index in [2.05, 4.69) is 40.0 Å². The summed E-state index contributed by atoms with van der Waals surface area (Å²) < 4.78 is 0. The van der Waals surface area contributed by atoms with Gasteiger partial charge < -0.3 is 11.1 Å². The quantitative estimate of drug-likeness (QED) is 0.450. The van der Waals surface area contributed by atoms with E-state index in [1.165, 1.54) is 0 Å². The molecule has 1 aromatic carbocycles. The number of thiocarbonyl (C=S) groups is 1. The smallest absolute Gasteiger partial charge is 0.184 e. The predicted octanol–water partition coefficient (Wildman–Crippen LogP) is 1.83. The second-order valence-electron chi connectivity index (χ2n) is 3.87. The van der Waals surface area contributed by atoms with Crippen LogP contribution in [0, 0.1) is 0 Å². The molecule has 0 saturated carbocycles. The normalized spacial score (nSPS) is 10.8. The third kappa shape index (κ3) is 3.17. The molecule has 19 heavy (non-hydrogen) atoms. The van der Waals surface area contributed by atoms with Gasteiger partial charge in [-0.25, -0.2) is 0 Å². The number of hydrogen-bond acceptors (Lipinski definition) is 4. The fourth-order valence-electron chi connectivity index (χ4n) is 1.81. The molecule has 0 saturated heterocycles. The maximum atomic E-state index is 5.31. The maximum absolute atomic E-state index is 5.31. The van der Waals surface area contributed by atoms with Crippen LogP contribution in [0.3, 0.4) is 0 Å². The van der Waals surface area contributed by atoms with Crippen LogP contribution in [-0.4, -0.2) is 22.9 Å². The van der Waals surface area contributed by atoms with Crippen LogP contribution < -0.4 is 16.5 Å². The molecule has 1 heterocycles. The van der Waals surface area contributed by atoms with Crippen LogP contribution in [0.25, 0.3) is 10.8 Å². The van der Waals surface area contributed by atoms with Gasteiger partial charge in [0.05, 0.1) is 23.8 Å². The van der Waals surface area contributed by atoms with Crippen molar-refractivity contribution in [1.82, 2.24) is 10.4 Å². The van der Waals surface area contributed by atoms with Crippen molar-refractivity contribution in [3.05, 3.63) is 36.2 Å². The van der Waals surface area contributed by atoms with Crippen LogP contribution >= 0.6 is 12.2 Å². The van der Waals surface area contributed by atoms with Crippen LogP contribution in [0.15, 0.2) is 35.6 Å². The van der Waals surface area contributed by atoms with Gasteiger partial charge in [0.25, 0.3) is 0 Å². The maximum Gasteiger partial charge on any atom is 0.184 e. The van der Waals surface area contributed by atoms with Crippen molar-refractivity contribution in [3.8, 4) is 0 Å². The van der Waals surface area contributed by atoms with E-state index >= 15 is 0 Å². The standard InChI is InChI=1S/C13H15N5S/c1-2-15-11-7-16-12(8-17-18-13(14)19)10-6-4-3-5-9(10)11/h3-8,15H,2H2,1H3,(H3,14,18,19)/b17-8-. The highest BCUT2D eigenvalue weighted by Gasteiger charge is 2.04. The third-order valence-electron chi connectivity index (χ3n) is 2.55. The van der Waals surface area contributed by atoms with Crippen molar-refractivity contribution >= 4 is 40.0 Å². The zero-order valence-corrected chi connectivity index (χ0v) is 11.4. The minimum Gasteiger partial charge on any atom is -0.384 e. The summed E-state index contributed by atoms with van der Waals surface area (Å²) in [7, 11) is 0. The second-order valence-corrected chi connectivity index (χ2v) is 4.31. The Morgan fingerprint density at radius 2 is 2.16 bits per heavy atom. The van der Waals surface area contributed by atoms with Crippen molar-refractivity contribution < 1.29 is 0 Å². The van der Waals surface area contributed by atoms with Gasteiger partial charge in [-0.15, -0.1) is 0 Å². The monoisotopic (exact) mass is 273 g/mol. The van der Waals surface area contributed by atoms with Gasteiger partial charge in [0.2, 0.25) is 0 Å². The van der Waals surface area contributed by atoms with Crippen LogP contribution in [0.5, 0.6) is 0 Å². The SMILES string of the molecule is CCNc1cnc(/C=N\NC(N)=S)c2ccccc12. The number of pyridine rings is 1. The van der Waals surface area contributed by atoms with Gasteiger partial charge in [0.1, 0.15) is 0 Å². The Bertz CT molecular complexity index is 623. The Labute approximate surface area is 116 Å². The lowest BCUT2D eigenvalue weighted by molar-refractivity contribution is 1.04. The van der Waals surface area contributed by atoms with Crippen LogP contribution in [-0.2, 0) is 0 Å². The molecule has 0 amide bonds. The molecular formula is C13H15N5S. The van der Waals surface area contributed by atoms with Crippen LogP contribution in [0.2, 0.25) is 0 Å². The van der Waals surface area contributed by atoms with Crippen molar-refractivity contribution in [2.75, 3.05) is 11.9 Å². The van der Waals surface area contributed by atoms with Gasteiger partial charge in [0.15, 0.2) is 5.11 Å². The van der Waals surface area contributed by atoms with Crippen LogP contribution in [0.1, 0.15) is 12.6 Å². The molecule has 0 bridgehead atoms. The Hall–Kier alpha value is -2.21. The second kappa shape index (κ2) is 6.10. The van der Waals surface area contributed by atoms with E-state index < -0.39 is 0 Å². The largest absolute Gasteiger partial charge is 0.384 e. The first-order valence-corrected chi connectivity index (χ1v) is 6.33. The summed E-state index contributed by atoms with van der Waals surface area (Å²) in [6.45, 7) is 2.90. The number of benzene rings is 1. The summed E-state index contributed by atoms with van der Waals surface area (Å²) in [5.74, 6) is 0. The highest BCUT2D eigenvalue weighted by atomic mass is 32.1. The Kier molecular flexibility index (Phi) is 4.25. The zero-order chi connectivity index (χ0) is 13.7. The Morgan fingerprint density at radius 1 is 1.42 bits per heavy atom. The number of rotatable bonds is 4. The van der Waals surface area contributed by atoms with Crippen molar-refractivity contribution in [2.24, 2.45) is 10.8 Å². The highest BCUT2D eigenvalue weighted by Crippen LogP contribution is 2.23. The molecule has 98 valence electrons. The first kappa shape index (κ1) is 13.2. The highest BCUT2D eigenvalue weighted by molar-refractivity contribution is 7.80. The third-order valence-corrected chi connectivity index (χ3v) is 2.65. The molecule has 4 N–H and O–H groups in total.